The van der Waals surface area contributed by atoms with Gasteiger partial charge in [0.1, 0.15) is 5.57 Å². The molecule has 4 rings (SSSR count). The number of fused-ring (bicyclic) bond motifs is 1. The summed E-state index contributed by atoms with van der Waals surface area (Å²) in [5.41, 5.74) is 2.52. The van der Waals surface area contributed by atoms with Crippen LogP contribution in [0.15, 0.2) is 60.3 Å². The summed E-state index contributed by atoms with van der Waals surface area (Å²) in [5.74, 6) is -2.39. The molecule has 0 unspecified atom stereocenters. The molecule has 0 atom stereocenters. The number of carbonyl (C=O) groups is 3. The number of aryl methyl sites for hydroxylation is 1. The second-order valence-corrected chi connectivity index (χ2v) is 7.23. The lowest BCUT2D eigenvalue weighted by Crippen LogP contribution is -2.54. The molecule has 1 fully saturated rings. The van der Waals surface area contributed by atoms with Crippen molar-refractivity contribution in [2.75, 3.05) is 4.90 Å². The maximum Gasteiger partial charge on any atom is 0.270 e. The van der Waals surface area contributed by atoms with Crippen LogP contribution in [0.1, 0.15) is 11.1 Å². The first kappa shape index (κ1) is 19.5. The molecule has 1 aliphatic rings. The van der Waals surface area contributed by atoms with Gasteiger partial charge in [0.05, 0.1) is 18.2 Å². The molecule has 2 aromatic carbocycles. The molecule has 30 heavy (non-hydrogen) atoms. The summed E-state index contributed by atoms with van der Waals surface area (Å²) in [7, 11) is 0. The molecule has 8 heteroatoms. The monoisotopic (exact) mass is 418 g/mol. The first-order valence-corrected chi connectivity index (χ1v) is 9.52. The van der Waals surface area contributed by atoms with Gasteiger partial charge in [0.25, 0.3) is 11.8 Å². The highest BCUT2D eigenvalue weighted by Crippen LogP contribution is 2.27. The molecule has 1 saturated heterocycles. The topological polar surface area (TPSA) is 94.5 Å². The number of carboxylic acids is 1. The molecule has 1 aliphatic heterocycles. The number of thiocarbonyl (C=S) groups is 1. The number of anilines is 1. The van der Waals surface area contributed by atoms with Gasteiger partial charge in [-0.05, 0) is 42.9 Å². The number of aromatic nitrogens is 1. The molecular formula is C22H16N3O4S-. The van der Waals surface area contributed by atoms with Crippen LogP contribution in [0.25, 0.3) is 17.0 Å². The molecule has 0 radical (unpaired) electrons. The van der Waals surface area contributed by atoms with E-state index in [1.807, 2.05) is 19.1 Å². The standard InChI is InChI=1S/C22H17N3O4S/c1-13-6-2-4-8-17(13)25-21(29)16(20(28)23-22(25)30)10-14-11-24(12-19(26)27)18-9-5-3-7-15(14)18/h2-11H,12H2,1H3,(H,26,27)(H,23,28,30)/p-1/b16-10-. The summed E-state index contributed by atoms with van der Waals surface area (Å²) >= 11 is 5.24. The van der Waals surface area contributed by atoms with Crippen molar-refractivity contribution in [3.63, 3.8) is 0 Å². The summed E-state index contributed by atoms with van der Waals surface area (Å²) in [5, 5.41) is 14.4. The largest absolute Gasteiger partial charge is 0.548 e. The van der Waals surface area contributed by atoms with E-state index in [4.69, 9.17) is 12.2 Å². The van der Waals surface area contributed by atoms with E-state index in [2.05, 4.69) is 5.32 Å². The second kappa shape index (κ2) is 7.57. The highest BCUT2D eigenvalue weighted by Gasteiger charge is 2.35. The lowest BCUT2D eigenvalue weighted by molar-refractivity contribution is -0.306. The van der Waals surface area contributed by atoms with Crippen molar-refractivity contribution in [2.45, 2.75) is 13.5 Å². The molecule has 0 spiro atoms. The van der Waals surface area contributed by atoms with E-state index < -0.39 is 17.8 Å². The number of hydrogen-bond acceptors (Lipinski definition) is 5. The molecule has 2 amide bonds. The third kappa shape index (κ3) is 3.37. The zero-order valence-corrected chi connectivity index (χ0v) is 16.7. The molecule has 1 aromatic heterocycles. The quantitative estimate of drug-likeness (QED) is 0.394. The number of hydrogen-bond donors (Lipinski definition) is 1. The van der Waals surface area contributed by atoms with Gasteiger partial charge in [-0.3, -0.25) is 19.8 Å². The van der Waals surface area contributed by atoms with Crippen molar-refractivity contribution in [3.8, 4) is 0 Å². The normalized spacial score (nSPS) is 15.7. The smallest absolute Gasteiger partial charge is 0.270 e. The minimum atomic E-state index is -1.24. The van der Waals surface area contributed by atoms with Crippen molar-refractivity contribution in [1.82, 2.24) is 9.88 Å². The molecule has 3 aromatic rings. The van der Waals surface area contributed by atoms with Crippen LogP contribution in [0.2, 0.25) is 0 Å². The Morgan fingerprint density at radius 2 is 1.83 bits per heavy atom. The van der Waals surface area contributed by atoms with Gasteiger partial charge >= 0.3 is 0 Å². The van der Waals surface area contributed by atoms with Crippen LogP contribution in [-0.2, 0) is 20.9 Å². The lowest BCUT2D eigenvalue weighted by Gasteiger charge is -2.29. The van der Waals surface area contributed by atoms with Crippen LogP contribution in [0.4, 0.5) is 5.69 Å². The Labute approximate surface area is 177 Å². The van der Waals surface area contributed by atoms with Gasteiger partial charge in [-0.2, -0.15) is 0 Å². The third-order valence-electron chi connectivity index (χ3n) is 4.88. The maximum atomic E-state index is 13.2. The van der Waals surface area contributed by atoms with E-state index in [0.717, 1.165) is 5.56 Å². The van der Waals surface area contributed by atoms with E-state index in [9.17, 15) is 19.5 Å². The van der Waals surface area contributed by atoms with E-state index >= 15 is 0 Å². The number of rotatable bonds is 4. The Morgan fingerprint density at radius 3 is 2.57 bits per heavy atom. The number of nitrogens with one attached hydrogen (secondary N) is 1. The van der Waals surface area contributed by atoms with Gasteiger partial charge in [-0.1, -0.05) is 36.4 Å². The zero-order chi connectivity index (χ0) is 21.4. The first-order chi connectivity index (χ1) is 14.4. The van der Waals surface area contributed by atoms with Gasteiger partial charge in [-0.25, -0.2) is 0 Å². The SMILES string of the molecule is Cc1ccccc1N1C(=O)/C(=C\c2cn(CC(=O)[O-])c3ccccc23)C(=O)NC1=S. The van der Waals surface area contributed by atoms with Crippen LogP contribution in [0.3, 0.4) is 0 Å². The number of benzene rings is 2. The summed E-state index contributed by atoms with van der Waals surface area (Å²) in [4.78, 5) is 38.2. The van der Waals surface area contributed by atoms with Crippen LogP contribution >= 0.6 is 12.2 Å². The Balaban J connectivity index is 1.82. The number of carbonyl (C=O) groups excluding carboxylic acids is 3. The summed E-state index contributed by atoms with van der Waals surface area (Å²) in [6, 6.07) is 14.4. The third-order valence-corrected chi connectivity index (χ3v) is 5.16. The predicted molar refractivity (Wildman–Crippen MR) is 114 cm³/mol. The number of aliphatic carboxylic acids is 1. The zero-order valence-electron chi connectivity index (χ0n) is 15.9. The van der Waals surface area contributed by atoms with E-state index in [0.29, 0.717) is 22.2 Å². The average Bonchev–Trinajstić information content (AvgIpc) is 3.03. The molecule has 2 heterocycles. The average molecular weight is 418 g/mol. The number of nitrogens with zero attached hydrogens (tertiary/aromatic N) is 2. The predicted octanol–water partition coefficient (Wildman–Crippen LogP) is 1.53. The molecule has 0 aliphatic carbocycles. The van der Waals surface area contributed by atoms with Gasteiger partial charge in [0.2, 0.25) is 0 Å². The summed E-state index contributed by atoms with van der Waals surface area (Å²) in [6.07, 6.45) is 3.04. The van der Waals surface area contributed by atoms with Crippen molar-refractivity contribution in [2.24, 2.45) is 0 Å². The summed E-state index contributed by atoms with van der Waals surface area (Å²) in [6.45, 7) is 1.50. The highest BCUT2D eigenvalue weighted by atomic mass is 32.1. The Morgan fingerprint density at radius 1 is 1.13 bits per heavy atom. The van der Waals surface area contributed by atoms with Crippen LogP contribution in [-0.4, -0.2) is 27.5 Å². The second-order valence-electron chi connectivity index (χ2n) is 6.85. The van der Waals surface area contributed by atoms with Gasteiger partial charge in [0.15, 0.2) is 5.11 Å². The van der Waals surface area contributed by atoms with Crippen LogP contribution < -0.4 is 15.3 Å². The molecule has 0 bridgehead atoms. The lowest BCUT2D eigenvalue weighted by atomic mass is 10.1. The molecule has 150 valence electrons. The van der Waals surface area contributed by atoms with Crippen molar-refractivity contribution >= 4 is 57.8 Å². The van der Waals surface area contributed by atoms with Crippen molar-refractivity contribution in [3.05, 3.63) is 71.4 Å². The fraction of sp³-hybridized carbons (Fsp3) is 0.0909. The molecule has 1 N–H and O–H groups in total. The van der Waals surface area contributed by atoms with Gasteiger partial charge < -0.3 is 14.5 Å². The fourth-order valence-corrected chi connectivity index (χ4v) is 3.78. The Kier molecular flexibility index (Phi) is 4.93. The van der Waals surface area contributed by atoms with Gasteiger partial charge in [0, 0.05) is 22.7 Å². The Bertz CT molecular complexity index is 1260. The van der Waals surface area contributed by atoms with E-state index in [1.165, 1.54) is 15.5 Å². The van der Waals surface area contributed by atoms with Crippen LogP contribution in [0.5, 0.6) is 0 Å². The van der Waals surface area contributed by atoms with Gasteiger partial charge in [-0.15, -0.1) is 0 Å². The fourth-order valence-electron chi connectivity index (χ4n) is 3.51. The highest BCUT2D eigenvalue weighted by molar-refractivity contribution is 7.80. The molecule has 0 saturated carbocycles. The minimum Gasteiger partial charge on any atom is -0.548 e. The number of carboxylic acid groups (broad SMARTS) is 1. The maximum absolute atomic E-state index is 13.2. The van der Waals surface area contributed by atoms with Crippen molar-refractivity contribution < 1.29 is 19.5 Å². The van der Waals surface area contributed by atoms with E-state index in [1.54, 1.807) is 42.6 Å². The number of para-hydroxylation sites is 2. The molecule has 7 nitrogen and oxygen atoms in total. The minimum absolute atomic E-state index is 0.0100. The first-order valence-electron chi connectivity index (χ1n) is 9.11. The Hall–Kier alpha value is -3.78. The number of amides is 2. The summed E-state index contributed by atoms with van der Waals surface area (Å²) < 4.78 is 1.51. The van der Waals surface area contributed by atoms with Crippen molar-refractivity contribution in [1.29, 1.82) is 0 Å². The van der Waals surface area contributed by atoms with Crippen LogP contribution in [0, 0.1) is 6.92 Å². The van der Waals surface area contributed by atoms with E-state index in [-0.39, 0.29) is 17.2 Å². The molecular weight excluding hydrogens is 402 g/mol.